The topological polar surface area (TPSA) is 83.4 Å². The van der Waals surface area contributed by atoms with Gasteiger partial charge in [0.25, 0.3) is 5.91 Å². The zero-order valence-corrected chi connectivity index (χ0v) is 16.6. The molecule has 0 radical (unpaired) electrons. The molecule has 6 heteroatoms. The molecule has 1 aromatic heterocycles. The summed E-state index contributed by atoms with van der Waals surface area (Å²) in [4.78, 5) is 24.7. The summed E-state index contributed by atoms with van der Waals surface area (Å²) in [5.41, 5.74) is 3.12. The van der Waals surface area contributed by atoms with E-state index in [0.29, 0.717) is 29.5 Å². The number of amides is 2. The molecule has 0 saturated carbocycles. The van der Waals surface area contributed by atoms with E-state index in [1.807, 2.05) is 30.3 Å². The molecule has 0 aliphatic rings. The minimum absolute atomic E-state index is 0.101. The predicted molar refractivity (Wildman–Crippen MR) is 114 cm³/mol. The van der Waals surface area contributed by atoms with Crippen LogP contribution in [0.15, 0.2) is 71.3 Å². The monoisotopic (exact) mass is 391 g/mol. The smallest absolute Gasteiger partial charge is 0.251 e. The van der Waals surface area contributed by atoms with Crippen molar-refractivity contribution in [1.82, 2.24) is 5.32 Å². The first kappa shape index (κ1) is 20.2. The summed E-state index contributed by atoms with van der Waals surface area (Å²) >= 11 is 0. The van der Waals surface area contributed by atoms with Gasteiger partial charge in [0.2, 0.25) is 5.91 Å². The van der Waals surface area contributed by atoms with Crippen molar-refractivity contribution >= 4 is 23.2 Å². The Hall–Kier alpha value is -3.54. The molecule has 0 aliphatic carbocycles. The molecule has 150 valence electrons. The number of carbonyl (C=O) groups is 2. The van der Waals surface area contributed by atoms with Crippen LogP contribution in [0, 0.1) is 0 Å². The number of nitrogens with one attached hydrogen (secondary N) is 3. The Labute approximate surface area is 170 Å². The Morgan fingerprint density at radius 2 is 1.83 bits per heavy atom. The quantitative estimate of drug-likeness (QED) is 0.532. The Morgan fingerprint density at radius 1 is 1.00 bits per heavy atom. The fourth-order valence-electron chi connectivity index (χ4n) is 2.94. The van der Waals surface area contributed by atoms with Gasteiger partial charge in [-0.3, -0.25) is 9.59 Å². The Bertz CT molecular complexity index is 965. The lowest BCUT2D eigenvalue weighted by atomic mass is 10.0. The Morgan fingerprint density at radius 3 is 2.59 bits per heavy atom. The third kappa shape index (κ3) is 5.72. The number of hydrogen-bond acceptors (Lipinski definition) is 4. The van der Waals surface area contributed by atoms with Gasteiger partial charge in [-0.05, 0) is 47.9 Å². The second kappa shape index (κ2) is 9.59. The van der Waals surface area contributed by atoms with E-state index < -0.39 is 0 Å². The molecule has 0 aliphatic heterocycles. The SMILES string of the molecule is CC(C)c1ccccc1NC(=O)CNc1cccc(C(=O)NCc2ccco2)c1. The van der Waals surface area contributed by atoms with Gasteiger partial charge in [0.05, 0.1) is 19.4 Å². The molecule has 0 fully saturated rings. The molecule has 0 spiro atoms. The molecular weight excluding hydrogens is 366 g/mol. The number of hydrogen-bond donors (Lipinski definition) is 3. The number of rotatable bonds is 8. The van der Waals surface area contributed by atoms with Crippen LogP contribution >= 0.6 is 0 Å². The standard InChI is InChI=1S/C23H25N3O3/c1-16(2)20-10-3-4-11-21(20)26-22(27)15-24-18-8-5-7-17(13-18)23(28)25-14-19-9-6-12-29-19/h3-13,16,24H,14-15H2,1-2H3,(H,25,28)(H,26,27). The van der Waals surface area contributed by atoms with Gasteiger partial charge >= 0.3 is 0 Å². The molecule has 6 nitrogen and oxygen atoms in total. The van der Waals surface area contributed by atoms with Crippen LogP contribution in [-0.4, -0.2) is 18.4 Å². The average molecular weight is 391 g/mol. The van der Waals surface area contributed by atoms with E-state index in [1.54, 1.807) is 36.6 Å². The van der Waals surface area contributed by atoms with Gasteiger partial charge in [0.1, 0.15) is 5.76 Å². The van der Waals surface area contributed by atoms with Crippen molar-refractivity contribution in [3.63, 3.8) is 0 Å². The third-order valence-electron chi connectivity index (χ3n) is 4.44. The highest BCUT2D eigenvalue weighted by Gasteiger charge is 2.10. The predicted octanol–water partition coefficient (Wildman–Crippen LogP) is 4.38. The highest BCUT2D eigenvalue weighted by Crippen LogP contribution is 2.23. The minimum atomic E-state index is -0.208. The van der Waals surface area contributed by atoms with Crippen LogP contribution in [0.3, 0.4) is 0 Å². The van der Waals surface area contributed by atoms with Gasteiger partial charge in [-0.15, -0.1) is 0 Å². The maximum Gasteiger partial charge on any atom is 0.251 e. The maximum atomic E-state index is 12.3. The number of anilines is 2. The van der Waals surface area contributed by atoms with Gasteiger partial charge < -0.3 is 20.4 Å². The number of carbonyl (C=O) groups excluding carboxylic acids is 2. The first-order valence-corrected chi connectivity index (χ1v) is 9.56. The number of furan rings is 1. The van der Waals surface area contributed by atoms with Crippen molar-refractivity contribution in [2.45, 2.75) is 26.3 Å². The van der Waals surface area contributed by atoms with Crippen LogP contribution < -0.4 is 16.0 Å². The van der Waals surface area contributed by atoms with E-state index in [1.165, 1.54) is 0 Å². The summed E-state index contributed by atoms with van der Waals surface area (Å²) in [5.74, 6) is 0.646. The fourth-order valence-corrected chi connectivity index (χ4v) is 2.94. The number of benzene rings is 2. The summed E-state index contributed by atoms with van der Waals surface area (Å²) in [6, 6.07) is 18.4. The van der Waals surface area contributed by atoms with Crippen LogP contribution in [0.5, 0.6) is 0 Å². The second-order valence-electron chi connectivity index (χ2n) is 6.99. The van der Waals surface area contributed by atoms with Gasteiger partial charge in [-0.2, -0.15) is 0 Å². The first-order chi connectivity index (χ1) is 14.0. The van der Waals surface area contributed by atoms with Gasteiger partial charge in [0, 0.05) is 16.9 Å². The summed E-state index contributed by atoms with van der Waals surface area (Å²) < 4.78 is 5.21. The van der Waals surface area contributed by atoms with Crippen molar-refractivity contribution in [2.24, 2.45) is 0 Å². The normalized spacial score (nSPS) is 10.6. The molecule has 2 aromatic carbocycles. The van der Waals surface area contributed by atoms with Crippen LogP contribution in [0.1, 0.15) is 41.4 Å². The molecule has 0 unspecified atom stereocenters. The fraction of sp³-hybridized carbons (Fsp3) is 0.217. The van der Waals surface area contributed by atoms with E-state index in [4.69, 9.17) is 4.42 Å². The third-order valence-corrected chi connectivity index (χ3v) is 4.44. The van der Waals surface area contributed by atoms with Gasteiger partial charge in [-0.25, -0.2) is 0 Å². The van der Waals surface area contributed by atoms with Crippen LogP contribution in [0.25, 0.3) is 0 Å². The van der Waals surface area contributed by atoms with Crippen LogP contribution in [-0.2, 0) is 11.3 Å². The molecule has 3 rings (SSSR count). The summed E-state index contributed by atoms with van der Waals surface area (Å²) in [6.07, 6.45) is 1.57. The lowest BCUT2D eigenvalue weighted by Gasteiger charge is -2.14. The van der Waals surface area contributed by atoms with E-state index >= 15 is 0 Å². The molecule has 0 bridgehead atoms. The maximum absolute atomic E-state index is 12.3. The van der Waals surface area contributed by atoms with Crippen molar-refractivity contribution in [3.8, 4) is 0 Å². The van der Waals surface area contributed by atoms with E-state index in [2.05, 4.69) is 29.8 Å². The summed E-state index contributed by atoms with van der Waals surface area (Å²) in [5, 5.41) is 8.82. The van der Waals surface area contributed by atoms with Crippen LogP contribution in [0.4, 0.5) is 11.4 Å². The van der Waals surface area contributed by atoms with E-state index in [9.17, 15) is 9.59 Å². The molecule has 2 amide bonds. The van der Waals surface area contributed by atoms with Crippen LogP contribution in [0.2, 0.25) is 0 Å². The zero-order chi connectivity index (χ0) is 20.6. The molecule has 0 atom stereocenters. The molecule has 29 heavy (non-hydrogen) atoms. The summed E-state index contributed by atoms with van der Waals surface area (Å²) in [7, 11) is 0. The largest absolute Gasteiger partial charge is 0.467 e. The lowest BCUT2D eigenvalue weighted by Crippen LogP contribution is -2.24. The molecule has 3 N–H and O–H groups in total. The summed E-state index contributed by atoms with van der Waals surface area (Å²) in [6.45, 7) is 4.60. The van der Waals surface area contributed by atoms with Crippen molar-refractivity contribution in [3.05, 3.63) is 83.8 Å². The highest BCUT2D eigenvalue weighted by molar-refractivity contribution is 5.96. The van der Waals surface area contributed by atoms with Gasteiger partial charge in [0.15, 0.2) is 0 Å². The molecule has 1 heterocycles. The van der Waals surface area contributed by atoms with Crippen molar-refractivity contribution < 1.29 is 14.0 Å². The van der Waals surface area contributed by atoms with E-state index in [0.717, 1.165) is 11.3 Å². The lowest BCUT2D eigenvalue weighted by molar-refractivity contribution is -0.114. The molecule has 3 aromatic rings. The van der Waals surface area contributed by atoms with Gasteiger partial charge in [-0.1, -0.05) is 38.1 Å². The minimum Gasteiger partial charge on any atom is -0.467 e. The molecular formula is C23H25N3O3. The first-order valence-electron chi connectivity index (χ1n) is 9.56. The number of para-hydroxylation sites is 1. The average Bonchev–Trinajstić information content (AvgIpc) is 3.24. The van der Waals surface area contributed by atoms with E-state index in [-0.39, 0.29) is 18.4 Å². The van der Waals surface area contributed by atoms with Crippen molar-refractivity contribution in [1.29, 1.82) is 0 Å². The molecule has 0 saturated heterocycles. The van der Waals surface area contributed by atoms with Crippen molar-refractivity contribution in [2.75, 3.05) is 17.2 Å². The zero-order valence-electron chi connectivity index (χ0n) is 16.6. The second-order valence-corrected chi connectivity index (χ2v) is 6.99. The Balaban J connectivity index is 1.55. The Kier molecular flexibility index (Phi) is 6.68. The highest BCUT2D eigenvalue weighted by atomic mass is 16.3.